The summed E-state index contributed by atoms with van der Waals surface area (Å²) in [5.41, 5.74) is 6.25. The summed E-state index contributed by atoms with van der Waals surface area (Å²) in [5.74, 6) is -6.66. The lowest BCUT2D eigenvalue weighted by molar-refractivity contribution is -0.140. The van der Waals surface area contributed by atoms with Crippen LogP contribution >= 0.6 is 0 Å². The van der Waals surface area contributed by atoms with Crippen LogP contribution in [-0.4, -0.2) is 21.4 Å². The molecule has 0 bridgehead atoms. The van der Waals surface area contributed by atoms with Crippen molar-refractivity contribution in [1.82, 2.24) is 15.0 Å². The second-order valence-electron chi connectivity index (χ2n) is 5.16. The van der Waals surface area contributed by atoms with Crippen molar-refractivity contribution in [2.45, 2.75) is 38.2 Å². The zero-order valence-electron chi connectivity index (χ0n) is 12.9. The predicted molar refractivity (Wildman–Crippen MR) is 81.9 cm³/mol. The maximum atomic E-state index is 13.5. The van der Waals surface area contributed by atoms with Gasteiger partial charge in [-0.25, -0.2) is 8.78 Å². The molecule has 2 rings (SSSR count). The molecule has 1 heterocycles. The van der Waals surface area contributed by atoms with Gasteiger partial charge in [0.05, 0.1) is 6.04 Å². The number of hydrogen-bond acceptors (Lipinski definition) is 5. The van der Waals surface area contributed by atoms with Crippen LogP contribution in [0.25, 0.3) is 0 Å². The third-order valence-corrected chi connectivity index (χ3v) is 3.31. The number of alkyl halides is 4. The fraction of sp³-hybridized carbons (Fsp3) is 0.400. The van der Waals surface area contributed by atoms with E-state index in [9.17, 15) is 17.6 Å². The third-order valence-electron chi connectivity index (χ3n) is 3.31. The average Bonchev–Trinajstić information content (AvgIpc) is 2.54. The average molecular weight is 343 g/mol. The van der Waals surface area contributed by atoms with Crippen LogP contribution in [0.2, 0.25) is 0 Å². The minimum Gasteiger partial charge on any atom is -0.368 e. The number of nitrogens with one attached hydrogen (secondary N) is 1. The Hall–Kier alpha value is -2.45. The molecule has 1 aromatic heterocycles. The Kier molecular flexibility index (Phi) is 5.53. The Morgan fingerprint density at radius 1 is 1.12 bits per heavy atom. The molecule has 0 aliphatic heterocycles. The quantitative estimate of drug-likeness (QED) is 0.749. The van der Waals surface area contributed by atoms with Crippen molar-refractivity contribution in [3.8, 4) is 0 Å². The molecule has 0 radical (unpaired) electrons. The van der Waals surface area contributed by atoms with Crippen LogP contribution < -0.4 is 11.1 Å². The van der Waals surface area contributed by atoms with Gasteiger partial charge in [0, 0.05) is 0 Å². The van der Waals surface area contributed by atoms with Crippen LogP contribution in [0.4, 0.5) is 29.5 Å². The minimum absolute atomic E-state index is 0.264. The number of nitrogens with zero attached hydrogens (tertiary/aromatic N) is 3. The second kappa shape index (κ2) is 7.41. The van der Waals surface area contributed by atoms with E-state index in [2.05, 4.69) is 20.3 Å². The SMILES string of the molecule is CCCC(Nc1nc(N)nc(C(F)(F)C(F)F)n1)c1ccccc1. The maximum absolute atomic E-state index is 13.5. The number of halogens is 4. The van der Waals surface area contributed by atoms with E-state index in [4.69, 9.17) is 5.73 Å². The van der Waals surface area contributed by atoms with E-state index in [0.29, 0.717) is 6.42 Å². The van der Waals surface area contributed by atoms with E-state index >= 15 is 0 Å². The van der Waals surface area contributed by atoms with Crippen LogP contribution in [0.1, 0.15) is 37.2 Å². The van der Waals surface area contributed by atoms with Crippen LogP contribution in [0, 0.1) is 0 Å². The van der Waals surface area contributed by atoms with Crippen molar-refractivity contribution < 1.29 is 17.6 Å². The molecule has 0 saturated carbocycles. The number of hydrogen-bond donors (Lipinski definition) is 2. The first-order valence-corrected chi connectivity index (χ1v) is 7.34. The molecule has 0 aliphatic rings. The molecule has 24 heavy (non-hydrogen) atoms. The van der Waals surface area contributed by atoms with Crippen LogP contribution in [0.15, 0.2) is 30.3 Å². The summed E-state index contributed by atoms with van der Waals surface area (Å²) in [5, 5.41) is 2.87. The number of rotatable bonds is 7. The third kappa shape index (κ3) is 4.09. The van der Waals surface area contributed by atoms with E-state index in [1.807, 2.05) is 37.3 Å². The number of aromatic nitrogens is 3. The molecule has 0 saturated heterocycles. The van der Waals surface area contributed by atoms with Crippen molar-refractivity contribution in [3.05, 3.63) is 41.7 Å². The first-order valence-electron chi connectivity index (χ1n) is 7.34. The largest absolute Gasteiger partial charge is 0.368 e. The summed E-state index contributed by atoms with van der Waals surface area (Å²) in [7, 11) is 0. The fourth-order valence-electron chi connectivity index (χ4n) is 2.16. The predicted octanol–water partition coefficient (Wildman–Crippen LogP) is 3.76. The molecule has 9 heteroatoms. The Morgan fingerprint density at radius 3 is 2.38 bits per heavy atom. The summed E-state index contributed by atoms with van der Waals surface area (Å²) in [6, 6.07) is 8.94. The van der Waals surface area contributed by atoms with Crippen LogP contribution in [0.5, 0.6) is 0 Å². The number of nitrogens with two attached hydrogens (primary N) is 1. The monoisotopic (exact) mass is 343 g/mol. The van der Waals surface area contributed by atoms with Crippen molar-refractivity contribution in [2.24, 2.45) is 0 Å². The summed E-state index contributed by atoms with van der Waals surface area (Å²) < 4.78 is 51.9. The maximum Gasteiger partial charge on any atom is 0.365 e. The van der Waals surface area contributed by atoms with Gasteiger partial charge in [0.1, 0.15) is 0 Å². The van der Waals surface area contributed by atoms with Crippen molar-refractivity contribution in [2.75, 3.05) is 11.1 Å². The topological polar surface area (TPSA) is 76.7 Å². The van der Waals surface area contributed by atoms with E-state index in [0.717, 1.165) is 12.0 Å². The Labute approximate surface area is 136 Å². The molecular weight excluding hydrogens is 326 g/mol. The van der Waals surface area contributed by atoms with Gasteiger partial charge in [-0.2, -0.15) is 23.7 Å². The molecule has 3 N–H and O–H groups in total. The van der Waals surface area contributed by atoms with Crippen LogP contribution in [-0.2, 0) is 5.92 Å². The second-order valence-corrected chi connectivity index (χ2v) is 5.16. The zero-order valence-corrected chi connectivity index (χ0v) is 12.9. The van der Waals surface area contributed by atoms with E-state index in [-0.39, 0.29) is 12.0 Å². The van der Waals surface area contributed by atoms with Gasteiger partial charge in [0.2, 0.25) is 17.7 Å². The van der Waals surface area contributed by atoms with E-state index in [1.165, 1.54) is 0 Å². The lowest BCUT2D eigenvalue weighted by atomic mass is 10.0. The standard InChI is InChI=1S/C15H17F4N5/c1-2-6-10(9-7-4-3-5-8-9)21-14-23-12(22-13(20)24-14)15(18,19)11(16)17/h3-5,7-8,10-11H,2,6H2,1H3,(H3,20,21,22,23,24). The van der Waals surface area contributed by atoms with Crippen molar-refractivity contribution in [3.63, 3.8) is 0 Å². The normalized spacial score (nSPS) is 13.1. The summed E-state index contributed by atoms with van der Waals surface area (Å²) in [6.07, 6.45) is -2.48. The molecule has 5 nitrogen and oxygen atoms in total. The molecule has 1 unspecified atom stereocenters. The number of nitrogen functional groups attached to an aromatic ring is 1. The molecular formula is C15H17F4N5. The first kappa shape index (κ1) is 17.9. The first-order chi connectivity index (χ1) is 11.3. The highest BCUT2D eigenvalue weighted by Crippen LogP contribution is 2.33. The lowest BCUT2D eigenvalue weighted by Crippen LogP contribution is -2.28. The summed E-state index contributed by atoms with van der Waals surface area (Å²) >= 11 is 0. The minimum atomic E-state index is -4.50. The zero-order chi connectivity index (χ0) is 17.7. The Balaban J connectivity index is 2.32. The number of benzene rings is 1. The van der Waals surface area contributed by atoms with Gasteiger partial charge in [-0.1, -0.05) is 43.7 Å². The fourth-order valence-corrected chi connectivity index (χ4v) is 2.16. The van der Waals surface area contributed by atoms with Gasteiger partial charge < -0.3 is 11.1 Å². The highest BCUT2D eigenvalue weighted by atomic mass is 19.3. The molecule has 0 aliphatic carbocycles. The van der Waals surface area contributed by atoms with Gasteiger partial charge in [-0.3, -0.25) is 0 Å². The molecule has 0 spiro atoms. The highest BCUT2D eigenvalue weighted by Gasteiger charge is 2.46. The molecule has 2 aromatic rings. The van der Waals surface area contributed by atoms with Gasteiger partial charge >= 0.3 is 12.3 Å². The lowest BCUT2D eigenvalue weighted by Gasteiger charge is -2.20. The molecule has 0 amide bonds. The van der Waals surface area contributed by atoms with E-state index < -0.39 is 24.1 Å². The van der Waals surface area contributed by atoms with Crippen LogP contribution in [0.3, 0.4) is 0 Å². The Bertz CT molecular complexity index is 666. The van der Waals surface area contributed by atoms with Gasteiger partial charge in [0.25, 0.3) is 0 Å². The van der Waals surface area contributed by atoms with E-state index in [1.54, 1.807) is 0 Å². The number of anilines is 2. The molecule has 0 fully saturated rings. The molecule has 1 atom stereocenters. The van der Waals surface area contributed by atoms with Gasteiger partial charge in [0.15, 0.2) is 0 Å². The van der Waals surface area contributed by atoms with Crippen molar-refractivity contribution >= 4 is 11.9 Å². The van der Waals surface area contributed by atoms with Gasteiger partial charge in [-0.05, 0) is 12.0 Å². The molecule has 1 aromatic carbocycles. The Morgan fingerprint density at radius 2 is 1.79 bits per heavy atom. The summed E-state index contributed by atoms with van der Waals surface area (Å²) in [6.45, 7) is 1.95. The summed E-state index contributed by atoms with van der Waals surface area (Å²) in [4.78, 5) is 10.3. The highest BCUT2D eigenvalue weighted by molar-refractivity contribution is 5.36. The van der Waals surface area contributed by atoms with Crippen molar-refractivity contribution in [1.29, 1.82) is 0 Å². The molecule has 130 valence electrons. The van der Waals surface area contributed by atoms with Gasteiger partial charge in [-0.15, -0.1) is 0 Å². The smallest absolute Gasteiger partial charge is 0.365 e.